The van der Waals surface area contributed by atoms with E-state index >= 15 is 0 Å². The van der Waals surface area contributed by atoms with Gasteiger partial charge in [0.05, 0.1) is 6.54 Å². The van der Waals surface area contributed by atoms with Crippen LogP contribution in [-0.2, 0) is 6.54 Å². The number of likely N-dealkylation sites (tertiary alicyclic amines) is 1. The van der Waals surface area contributed by atoms with E-state index in [1.165, 1.54) is 12.8 Å². The second-order valence-corrected chi connectivity index (χ2v) is 5.16. The van der Waals surface area contributed by atoms with E-state index in [4.69, 9.17) is 4.42 Å². The second-order valence-electron chi connectivity index (χ2n) is 5.16. The Morgan fingerprint density at radius 2 is 2.26 bits per heavy atom. The minimum atomic E-state index is -0.910. The molecule has 1 saturated heterocycles. The maximum atomic E-state index is 11.5. The Morgan fingerprint density at radius 1 is 1.47 bits per heavy atom. The summed E-state index contributed by atoms with van der Waals surface area (Å²) in [6.45, 7) is 3.77. The molecule has 1 aromatic carbocycles. The fraction of sp³-hybridized carbons (Fsp3) is 0.400. The Labute approximate surface area is 111 Å². The van der Waals surface area contributed by atoms with Crippen LogP contribution in [0.15, 0.2) is 28.7 Å². The van der Waals surface area contributed by atoms with E-state index in [0.717, 1.165) is 6.54 Å². The molecule has 1 unspecified atom stereocenters. The Balaban J connectivity index is 2.02. The minimum absolute atomic E-state index is 0.315. The van der Waals surface area contributed by atoms with Gasteiger partial charge in [-0.3, -0.25) is 4.90 Å². The summed E-state index contributed by atoms with van der Waals surface area (Å²) in [5, 5.41) is 10.1. The van der Waals surface area contributed by atoms with Crippen molar-refractivity contribution in [3.63, 3.8) is 0 Å². The highest BCUT2D eigenvalue weighted by atomic mass is 16.4. The lowest BCUT2D eigenvalue weighted by atomic mass is 10.1. The molecule has 3 rings (SSSR count). The molecule has 1 fully saturated rings. The van der Waals surface area contributed by atoms with E-state index in [1.807, 2.05) is 18.2 Å². The van der Waals surface area contributed by atoms with Crippen LogP contribution in [0.4, 0.5) is 0 Å². The van der Waals surface area contributed by atoms with Gasteiger partial charge in [-0.1, -0.05) is 18.2 Å². The largest absolute Gasteiger partial charge is 0.478 e. The molecule has 4 heteroatoms. The molecule has 2 heterocycles. The number of furan rings is 1. The normalized spacial score (nSPS) is 20.2. The summed E-state index contributed by atoms with van der Waals surface area (Å²) in [4.78, 5) is 13.8. The molecule has 1 aliphatic heterocycles. The first kappa shape index (κ1) is 12.2. The number of benzene rings is 1. The monoisotopic (exact) mass is 259 g/mol. The lowest BCUT2D eigenvalue weighted by Crippen LogP contribution is -2.26. The quantitative estimate of drug-likeness (QED) is 0.920. The van der Waals surface area contributed by atoms with Crippen molar-refractivity contribution in [2.24, 2.45) is 0 Å². The number of carboxylic acids is 1. The van der Waals surface area contributed by atoms with E-state index in [9.17, 15) is 9.90 Å². The lowest BCUT2D eigenvalue weighted by Gasteiger charge is -2.19. The molecule has 2 aromatic rings. The summed E-state index contributed by atoms with van der Waals surface area (Å²) in [6.07, 6.45) is 2.34. The molecule has 0 saturated carbocycles. The predicted molar refractivity (Wildman–Crippen MR) is 72.3 cm³/mol. The Kier molecular flexibility index (Phi) is 3.03. The fourth-order valence-corrected chi connectivity index (χ4v) is 2.85. The van der Waals surface area contributed by atoms with Gasteiger partial charge in [0, 0.05) is 11.4 Å². The molecule has 0 aliphatic carbocycles. The van der Waals surface area contributed by atoms with Gasteiger partial charge in [0.2, 0.25) is 0 Å². The number of fused-ring (bicyclic) bond motifs is 1. The van der Waals surface area contributed by atoms with E-state index in [2.05, 4.69) is 11.8 Å². The van der Waals surface area contributed by atoms with Crippen LogP contribution in [0, 0.1) is 0 Å². The molecule has 0 radical (unpaired) electrons. The molecule has 19 heavy (non-hydrogen) atoms. The first-order valence-corrected chi connectivity index (χ1v) is 6.64. The molecule has 1 aliphatic rings. The van der Waals surface area contributed by atoms with Crippen LogP contribution < -0.4 is 0 Å². The highest BCUT2D eigenvalue weighted by Crippen LogP contribution is 2.29. The van der Waals surface area contributed by atoms with Gasteiger partial charge in [-0.2, -0.15) is 0 Å². The maximum Gasteiger partial charge on any atom is 0.339 e. The van der Waals surface area contributed by atoms with Gasteiger partial charge in [0.25, 0.3) is 0 Å². The molecule has 1 atom stereocenters. The van der Waals surface area contributed by atoms with Gasteiger partial charge < -0.3 is 9.52 Å². The van der Waals surface area contributed by atoms with Gasteiger partial charge in [0.1, 0.15) is 16.9 Å². The molecule has 0 amide bonds. The molecule has 1 aromatic heterocycles. The van der Waals surface area contributed by atoms with Crippen molar-refractivity contribution in [1.82, 2.24) is 4.90 Å². The molecule has 0 spiro atoms. The first-order valence-electron chi connectivity index (χ1n) is 6.64. The van der Waals surface area contributed by atoms with Crippen LogP contribution in [0.5, 0.6) is 0 Å². The third kappa shape index (κ3) is 2.12. The SMILES string of the molecule is CC1CCCN1Cc1oc2ccccc2c1C(=O)O. The topological polar surface area (TPSA) is 53.7 Å². The molecule has 0 bridgehead atoms. The fourth-order valence-electron chi connectivity index (χ4n) is 2.85. The van der Waals surface area contributed by atoms with Crippen molar-refractivity contribution < 1.29 is 14.3 Å². The van der Waals surface area contributed by atoms with Crippen molar-refractivity contribution in [2.45, 2.75) is 32.4 Å². The van der Waals surface area contributed by atoms with Crippen molar-refractivity contribution in [2.75, 3.05) is 6.54 Å². The third-order valence-corrected chi connectivity index (χ3v) is 3.92. The van der Waals surface area contributed by atoms with Crippen molar-refractivity contribution >= 4 is 16.9 Å². The zero-order chi connectivity index (χ0) is 13.4. The van der Waals surface area contributed by atoms with Gasteiger partial charge in [0.15, 0.2) is 0 Å². The van der Waals surface area contributed by atoms with Crippen LogP contribution in [-0.4, -0.2) is 28.6 Å². The van der Waals surface area contributed by atoms with E-state index in [-0.39, 0.29) is 0 Å². The van der Waals surface area contributed by atoms with Gasteiger partial charge >= 0.3 is 5.97 Å². The average Bonchev–Trinajstić information content (AvgIpc) is 2.93. The number of carbonyl (C=O) groups is 1. The van der Waals surface area contributed by atoms with Gasteiger partial charge in [-0.05, 0) is 32.4 Å². The van der Waals surface area contributed by atoms with E-state index in [1.54, 1.807) is 6.07 Å². The van der Waals surface area contributed by atoms with Crippen molar-refractivity contribution in [1.29, 1.82) is 0 Å². The number of carboxylic acid groups (broad SMARTS) is 1. The summed E-state index contributed by atoms with van der Waals surface area (Å²) in [5.41, 5.74) is 0.969. The summed E-state index contributed by atoms with van der Waals surface area (Å²) < 4.78 is 5.75. The molecule has 4 nitrogen and oxygen atoms in total. The molecule has 100 valence electrons. The summed E-state index contributed by atoms with van der Waals surface area (Å²) in [7, 11) is 0. The van der Waals surface area contributed by atoms with Crippen LogP contribution in [0.3, 0.4) is 0 Å². The van der Waals surface area contributed by atoms with Crippen LogP contribution in [0.25, 0.3) is 11.0 Å². The van der Waals surface area contributed by atoms with Crippen molar-refractivity contribution in [3.05, 3.63) is 35.6 Å². The van der Waals surface area contributed by atoms with Crippen LogP contribution in [0.2, 0.25) is 0 Å². The lowest BCUT2D eigenvalue weighted by molar-refractivity contribution is 0.0694. The standard InChI is InChI=1S/C15H17NO3/c1-10-5-4-8-16(10)9-13-14(15(17)18)11-6-2-3-7-12(11)19-13/h2-3,6-7,10H,4-5,8-9H2,1H3,(H,17,18). The van der Waals surface area contributed by atoms with Gasteiger partial charge in [-0.15, -0.1) is 0 Å². The van der Waals surface area contributed by atoms with Crippen molar-refractivity contribution in [3.8, 4) is 0 Å². The molecular weight excluding hydrogens is 242 g/mol. The second kappa shape index (κ2) is 4.70. The van der Waals surface area contributed by atoms with E-state index in [0.29, 0.717) is 34.9 Å². The van der Waals surface area contributed by atoms with E-state index < -0.39 is 5.97 Å². The molecule has 1 N–H and O–H groups in total. The average molecular weight is 259 g/mol. The predicted octanol–water partition coefficient (Wildman–Crippen LogP) is 3.12. The summed E-state index contributed by atoms with van der Waals surface area (Å²) in [6, 6.07) is 7.82. The van der Waals surface area contributed by atoms with Crippen LogP contribution >= 0.6 is 0 Å². The number of hydrogen-bond donors (Lipinski definition) is 1. The number of aromatic carboxylic acids is 1. The number of para-hydroxylation sites is 1. The highest BCUT2D eigenvalue weighted by Gasteiger charge is 2.26. The highest BCUT2D eigenvalue weighted by molar-refractivity contribution is 6.03. The summed E-state index contributed by atoms with van der Waals surface area (Å²) in [5.74, 6) is -0.339. The number of hydrogen-bond acceptors (Lipinski definition) is 3. The molecular formula is C15H17NO3. The Hall–Kier alpha value is -1.81. The zero-order valence-corrected chi connectivity index (χ0v) is 10.9. The minimum Gasteiger partial charge on any atom is -0.478 e. The summed E-state index contributed by atoms with van der Waals surface area (Å²) >= 11 is 0. The van der Waals surface area contributed by atoms with Gasteiger partial charge in [-0.25, -0.2) is 4.79 Å². The zero-order valence-electron chi connectivity index (χ0n) is 10.9. The number of rotatable bonds is 3. The Bertz CT molecular complexity index is 617. The van der Waals surface area contributed by atoms with Crippen LogP contribution in [0.1, 0.15) is 35.9 Å². The third-order valence-electron chi connectivity index (χ3n) is 3.92. The smallest absolute Gasteiger partial charge is 0.339 e. The Morgan fingerprint density at radius 3 is 2.95 bits per heavy atom. The number of nitrogens with zero attached hydrogens (tertiary/aromatic N) is 1. The maximum absolute atomic E-state index is 11.5. The first-order chi connectivity index (χ1) is 9.16.